The Kier molecular flexibility index (Phi) is 5.13. The molecule has 0 atom stereocenters. The summed E-state index contributed by atoms with van der Waals surface area (Å²) in [6.07, 6.45) is 3.07. The van der Waals surface area contributed by atoms with Gasteiger partial charge in [-0.3, -0.25) is 0 Å². The molecule has 0 spiro atoms. The second kappa shape index (κ2) is 6.04. The minimum atomic E-state index is 0.0152. The van der Waals surface area contributed by atoms with E-state index in [2.05, 4.69) is 56.8 Å². The van der Waals surface area contributed by atoms with Crippen molar-refractivity contribution in [2.45, 2.75) is 66.3 Å². The van der Waals surface area contributed by atoms with E-state index in [0.717, 1.165) is 30.9 Å². The number of H-pyrrole nitrogens is 1. The number of hydrogen-bond donors (Lipinski definition) is 2. The molecule has 0 radical (unpaired) electrons. The summed E-state index contributed by atoms with van der Waals surface area (Å²) in [6, 6.07) is 1.90. The molecule has 1 rings (SSSR count). The van der Waals surface area contributed by atoms with Crippen LogP contribution in [0.1, 0.15) is 60.2 Å². The Hall–Kier alpha value is -0.900. The summed E-state index contributed by atoms with van der Waals surface area (Å²) in [4.78, 5) is 7.69. The van der Waals surface area contributed by atoms with Crippen molar-refractivity contribution >= 4 is 18.0 Å². The Morgan fingerprint density at radius 3 is 2.42 bits per heavy atom. The second-order valence-electron chi connectivity index (χ2n) is 7.08. The summed E-state index contributed by atoms with van der Waals surface area (Å²) in [5.74, 6) is 1.93. The van der Waals surface area contributed by atoms with Crippen LogP contribution in [0.5, 0.6) is 0 Å². The maximum Gasteiger partial charge on any atom is 0.131 e. The van der Waals surface area contributed by atoms with Crippen LogP contribution in [0, 0.1) is 10.1 Å². The van der Waals surface area contributed by atoms with Crippen LogP contribution in [0.4, 0.5) is 5.82 Å². The molecule has 0 fully saturated rings. The minimum absolute atomic E-state index is 0.0152. The predicted octanol–water partition coefficient (Wildman–Crippen LogP) is 4.72. The molecule has 108 valence electrons. The highest BCUT2D eigenvalue weighted by molar-refractivity contribution is 7.71. The van der Waals surface area contributed by atoms with E-state index in [1.54, 1.807) is 0 Å². The fourth-order valence-corrected chi connectivity index (χ4v) is 2.89. The highest BCUT2D eigenvalue weighted by Crippen LogP contribution is 2.29. The second-order valence-corrected chi connectivity index (χ2v) is 7.49. The average Bonchev–Trinajstić information content (AvgIpc) is 2.10. The molecular formula is C15H27N3S. The normalized spacial score (nSPS) is 12.5. The van der Waals surface area contributed by atoms with Gasteiger partial charge in [-0.1, -0.05) is 39.9 Å². The van der Waals surface area contributed by atoms with Crippen LogP contribution in [0.15, 0.2) is 6.07 Å². The fraction of sp³-hybridized carbons (Fsp3) is 0.733. The summed E-state index contributed by atoms with van der Waals surface area (Å²) >= 11 is 5.23. The van der Waals surface area contributed by atoms with Crippen molar-refractivity contribution in [1.29, 1.82) is 0 Å². The quantitative estimate of drug-likeness (QED) is 0.767. The molecule has 2 N–H and O–H groups in total. The van der Waals surface area contributed by atoms with E-state index >= 15 is 0 Å². The molecule has 3 nitrogen and oxygen atoms in total. The van der Waals surface area contributed by atoms with Crippen molar-refractivity contribution in [2.24, 2.45) is 5.41 Å². The van der Waals surface area contributed by atoms with E-state index in [0.29, 0.717) is 4.64 Å². The lowest BCUT2D eigenvalue weighted by molar-refractivity contribution is 0.302. The molecule has 4 heteroatoms. The van der Waals surface area contributed by atoms with E-state index in [4.69, 9.17) is 12.2 Å². The first-order chi connectivity index (χ1) is 8.61. The Morgan fingerprint density at radius 1 is 1.26 bits per heavy atom. The van der Waals surface area contributed by atoms with Gasteiger partial charge in [-0.05, 0) is 32.1 Å². The zero-order valence-electron chi connectivity index (χ0n) is 13.1. The topological polar surface area (TPSA) is 40.7 Å². The van der Waals surface area contributed by atoms with Crippen LogP contribution in [0.2, 0.25) is 0 Å². The van der Waals surface area contributed by atoms with Crippen LogP contribution in [-0.2, 0) is 6.42 Å². The van der Waals surface area contributed by atoms with Crippen molar-refractivity contribution in [3.05, 3.63) is 16.5 Å². The van der Waals surface area contributed by atoms with Crippen LogP contribution in [0.25, 0.3) is 0 Å². The lowest BCUT2D eigenvalue weighted by atomic mass is 9.82. The van der Waals surface area contributed by atoms with Crippen LogP contribution in [0.3, 0.4) is 0 Å². The molecule has 1 heterocycles. The average molecular weight is 281 g/mol. The molecule has 0 saturated carbocycles. The van der Waals surface area contributed by atoms with Gasteiger partial charge in [0.15, 0.2) is 0 Å². The highest BCUT2D eigenvalue weighted by atomic mass is 32.1. The summed E-state index contributed by atoms with van der Waals surface area (Å²) in [5, 5.41) is 3.55. The van der Waals surface area contributed by atoms with Gasteiger partial charge in [-0.25, -0.2) is 4.98 Å². The third-order valence-corrected chi connectivity index (χ3v) is 2.93. The van der Waals surface area contributed by atoms with E-state index in [1.807, 2.05) is 6.07 Å². The summed E-state index contributed by atoms with van der Waals surface area (Å²) < 4.78 is 0.649. The summed E-state index contributed by atoms with van der Waals surface area (Å²) in [5.41, 5.74) is 0.300. The molecule has 0 amide bonds. The van der Waals surface area contributed by atoms with E-state index in [9.17, 15) is 0 Å². The number of nitrogens with one attached hydrogen (secondary N) is 2. The van der Waals surface area contributed by atoms with Gasteiger partial charge in [0.1, 0.15) is 16.3 Å². The number of aromatic nitrogens is 2. The molecule has 1 aromatic heterocycles. The summed E-state index contributed by atoms with van der Waals surface area (Å²) in [6.45, 7) is 13.3. The van der Waals surface area contributed by atoms with Gasteiger partial charge in [0.05, 0.1) is 0 Å². The smallest absolute Gasteiger partial charge is 0.131 e. The van der Waals surface area contributed by atoms with Gasteiger partial charge >= 0.3 is 0 Å². The third kappa shape index (κ3) is 6.19. The monoisotopic (exact) mass is 281 g/mol. The SMILES string of the molecule is CCCc1nc(=S)cc(NC(C)(C)CC(C)(C)C)[nH]1. The van der Waals surface area contributed by atoms with Gasteiger partial charge in [0.2, 0.25) is 0 Å². The van der Waals surface area contributed by atoms with Gasteiger partial charge in [0, 0.05) is 18.0 Å². The molecule has 19 heavy (non-hydrogen) atoms. The molecule has 0 aliphatic heterocycles. The Balaban J connectivity index is 2.89. The first-order valence-corrected chi connectivity index (χ1v) is 7.40. The van der Waals surface area contributed by atoms with Crippen molar-refractivity contribution in [3.63, 3.8) is 0 Å². The van der Waals surface area contributed by atoms with Crippen LogP contribution < -0.4 is 5.32 Å². The third-order valence-electron chi connectivity index (χ3n) is 2.72. The highest BCUT2D eigenvalue weighted by Gasteiger charge is 2.25. The first-order valence-electron chi connectivity index (χ1n) is 7.00. The summed E-state index contributed by atoms with van der Waals surface area (Å²) in [7, 11) is 0. The van der Waals surface area contributed by atoms with Crippen molar-refractivity contribution in [1.82, 2.24) is 9.97 Å². The van der Waals surface area contributed by atoms with E-state index < -0.39 is 0 Å². The van der Waals surface area contributed by atoms with Gasteiger partial charge in [-0.15, -0.1) is 0 Å². The lowest BCUT2D eigenvalue weighted by Crippen LogP contribution is -2.35. The Labute approximate surface area is 122 Å². The van der Waals surface area contributed by atoms with Gasteiger partial charge < -0.3 is 10.3 Å². The number of hydrogen-bond acceptors (Lipinski definition) is 3. The number of aryl methyl sites for hydroxylation is 1. The van der Waals surface area contributed by atoms with Crippen molar-refractivity contribution < 1.29 is 0 Å². The Bertz CT molecular complexity index is 469. The molecular weight excluding hydrogens is 254 g/mol. The van der Waals surface area contributed by atoms with E-state index in [-0.39, 0.29) is 11.0 Å². The molecule has 0 aromatic carbocycles. The zero-order chi connectivity index (χ0) is 14.7. The van der Waals surface area contributed by atoms with Gasteiger partial charge in [0.25, 0.3) is 0 Å². The minimum Gasteiger partial charge on any atom is -0.367 e. The first kappa shape index (κ1) is 16.2. The number of anilines is 1. The van der Waals surface area contributed by atoms with Crippen molar-refractivity contribution in [3.8, 4) is 0 Å². The maximum atomic E-state index is 5.23. The molecule has 0 aliphatic rings. The molecule has 0 unspecified atom stereocenters. The molecule has 0 bridgehead atoms. The number of aromatic amines is 1. The molecule has 0 aliphatic carbocycles. The largest absolute Gasteiger partial charge is 0.367 e. The standard InChI is InChI=1S/C15H27N3S/c1-7-8-11-16-12(9-13(19)17-11)18-15(5,6)10-14(2,3)4/h9H,7-8,10H2,1-6H3,(H2,16,17,18,19). The zero-order valence-corrected chi connectivity index (χ0v) is 13.9. The Morgan fingerprint density at radius 2 is 1.89 bits per heavy atom. The molecule has 1 aromatic rings. The van der Waals surface area contributed by atoms with Gasteiger partial charge in [-0.2, -0.15) is 0 Å². The molecule has 0 saturated heterocycles. The maximum absolute atomic E-state index is 5.23. The van der Waals surface area contributed by atoms with Crippen molar-refractivity contribution in [2.75, 3.05) is 5.32 Å². The van der Waals surface area contributed by atoms with Crippen LogP contribution >= 0.6 is 12.2 Å². The number of nitrogens with zero attached hydrogens (tertiary/aromatic N) is 1. The predicted molar refractivity (Wildman–Crippen MR) is 85.2 cm³/mol. The lowest BCUT2D eigenvalue weighted by Gasteiger charge is -2.34. The fourth-order valence-electron chi connectivity index (χ4n) is 2.67. The van der Waals surface area contributed by atoms with E-state index in [1.165, 1.54) is 0 Å². The van der Waals surface area contributed by atoms with Crippen LogP contribution in [-0.4, -0.2) is 15.5 Å². The number of rotatable bonds is 5.